The Hall–Kier alpha value is -3.35. The number of phenols is 1. The molecule has 2 aromatic carbocycles. The minimum atomic E-state index is -0.565. The lowest BCUT2D eigenvalue weighted by Gasteiger charge is -2.07. The number of amides is 2. The second kappa shape index (κ2) is 8.66. The molecule has 26 heavy (non-hydrogen) atoms. The second-order valence-electron chi connectivity index (χ2n) is 5.72. The van der Waals surface area contributed by atoms with E-state index < -0.39 is 11.8 Å². The molecule has 0 heterocycles. The third-order valence-electron chi connectivity index (χ3n) is 3.75. The van der Waals surface area contributed by atoms with Gasteiger partial charge in [-0.25, -0.2) is 5.43 Å². The van der Waals surface area contributed by atoms with Gasteiger partial charge in [0, 0.05) is 11.3 Å². The maximum Gasteiger partial charge on any atom is 0.249 e. The molecule has 0 bridgehead atoms. The third-order valence-corrected chi connectivity index (χ3v) is 3.75. The minimum Gasteiger partial charge on any atom is -0.504 e. The molecule has 0 spiro atoms. The van der Waals surface area contributed by atoms with Crippen molar-refractivity contribution in [2.24, 2.45) is 5.10 Å². The molecule has 0 aromatic heterocycles. The van der Waals surface area contributed by atoms with Crippen LogP contribution < -0.4 is 15.5 Å². The molecule has 7 heteroatoms. The molecule has 0 fully saturated rings. The maximum atomic E-state index is 11.9. The smallest absolute Gasteiger partial charge is 0.249 e. The van der Waals surface area contributed by atoms with Crippen LogP contribution in [-0.2, 0) is 9.59 Å². The van der Waals surface area contributed by atoms with Gasteiger partial charge in [0.05, 0.1) is 13.3 Å². The molecule has 0 aliphatic heterocycles. The summed E-state index contributed by atoms with van der Waals surface area (Å²) in [7, 11) is 1.44. The van der Waals surface area contributed by atoms with Gasteiger partial charge in [-0.2, -0.15) is 5.10 Å². The zero-order valence-corrected chi connectivity index (χ0v) is 14.9. The number of hydrogen-bond donors (Lipinski definition) is 3. The number of benzene rings is 2. The first kappa shape index (κ1) is 19.0. The minimum absolute atomic E-state index is 0.0829. The van der Waals surface area contributed by atoms with Crippen LogP contribution in [0, 0.1) is 13.8 Å². The summed E-state index contributed by atoms with van der Waals surface area (Å²) in [5.41, 5.74) is 5.44. The molecule has 3 N–H and O–H groups in total. The number of hydrazone groups is 1. The van der Waals surface area contributed by atoms with Gasteiger partial charge in [0.1, 0.15) is 6.42 Å². The summed E-state index contributed by atoms with van der Waals surface area (Å²) in [4.78, 5) is 23.7. The van der Waals surface area contributed by atoms with Crippen LogP contribution in [0.15, 0.2) is 41.5 Å². The Morgan fingerprint density at radius 3 is 2.62 bits per heavy atom. The van der Waals surface area contributed by atoms with E-state index in [1.807, 2.05) is 26.0 Å². The van der Waals surface area contributed by atoms with Crippen molar-refractivity contribution < 1.29 is 19.4 Å². The SMILES string of the molecule is COc1cccc(C=NNC(=O)CC(=O)Nc2ccc(C)c(C)c2)c1O. The fourth-order valence-electron chi connectivity index (χ4n) is 2.19. The number of carbonyl (C=O) groups excluding carboxylic acids is 2. The van der Waals surface area contributed by atoms with Crippen LogP contribution in [0.4, 0.5) is 5.69 Å². The van der Waals surface area contributed by atoms with Crippen molar-refractivity contribution in [3.05, 3.63) is 53.1 Å². The van der Waals surface area contributed by atoms with E-state index in [-0.39, 0.29) is 12.2 Å². The lowest BCUT2D eigenvalue weighted by atomic mass is 10.1. The summed E-state index contributed by atoms with van der Waals surface area (Å²) in [6.07, 6.45) is 0.908. The molecule has 0 aliphatic rings. The molecule has 2 rings (SSSR count). The highest BCUT2D eigenvalue weighted by atomic mass is 16.5. The van der Waals surface area contributed by atoms with Crippen molar-refractivity contribution >= 4 is 23.7 Å². The van der Waals surface area contributed by atoms with Crippen LogP contribution in [0.3, 0.4) is 0 Å². The van der Waals surface area contributed by atoms with E-state index in [1.54, 1.807) is 24.3 Å². The molecule has 0 saturated carbocycles. The van der Waals surface area contributed by atoms with Gasteiger partial charge in [-0.05, 0) is 49.2 Å². The Labute approximate surface area is 151 Å². The van der Waals surface area contributed by atoms with Gasteiger partial charge in [0.15, 0.2) is 11.5 Å². The number of carbonyl (C=O) groups is 2. The predicted octanol–water partition coefficient (Wildman–Crippen LogP) is 2.50. The molecule has 0 saturated heterocycles. The number of nitrogens with zero attached hydrogens (tertiary/aromatic N) is 1. The van der Waals surface area contributed by atoms with Crippen molar-refractivity contribution in [3.8, 4) is 11.5 Å². The summed E-state index contributed by atoms with van der Waals surface area (Å²) in [5.74, 6) is -0.788. The Morgan fingerprint density at radius 1 is 1.15 bits per heavy atom. The number of methoxy groups -OCH3 is 1. The number of anilines is 1. The lowest BCUT2D eigenvalue weighted by Crippen LogP contribution is -2.24. The highest BCUT2D eigenvalue weighted by Crippen LogP contribution is 2.27. The van der Waals surface area contributed by atoms with E-state index >= 15 is 0 Å². The molecular formula is C19H21N3O4. The first-order valence-corrected chi connectivity index (χ1v) is 7.95. The average Bonchev–Trinajstić information content (AvgIpc) is 2.59. The van der Waals surface area contributed by atoms with E-state index in [2.05, 4.69) is 15.8 Å². The van der Waals surface area contributed by atoms with Crippen LogP contribution in [-0.4, -0.2) is 30.2 Å². The largest absolute Gasteiger partial charge is 0.504 e. The van der Waals surface area contributed by atoms with Crippen molar-refractivity contribution in [1.82, 2.24) is 5.43 Å². The fourth-order valence-corrected chi connectivity index (χ4v) is 2.19. The van der Waals surface area contributed by atoms with Crippen molar-refractivity contribution in [2.75, 3.05) is 12.4 Å². The van der Waals surface area contributed by atoms with Crippen molar-refractivity contribution in [1.29, 1.82) is 0 Å². The standard InChI is InChI=1S/C19H21N3O4/c1-12-7-8-15(9-13(12)2)21-17(23)10-18(24)22-20-11-14-5-4-6-16(26-3)19(14)25/h4-9,11,25H,10H2,1-3H3,(H,21,23)(H,22,24). The number of hydrogen-bond acceptors (Lipinski definition) is 5. The maximum absolute atomic E-state index is 11.9. The molecule has 2 amide bonds. The van der Waals surface area contributed by atoms with Crippen LogP contribution in [0.25, 0.3) is 0 Å². The number of rotatable bonds is 6. The zero-order valence-electron chi connectivity index (χ0n) is 14.9. The van der Waals surface area contributed by atoms with E-state index in [0.717, 1.165) is 11.1 Å². The molecule has 0 aliphatic carbocycles. The van der Waals surface area contributed by atoms with Gasteiger partial charge >= 0.3 is 0 Å². The molecule has 0 unspecified atom stereocenters. The predicted molar refractivity (Wildman–Crippen MR) is 99.6 cm³/mol. The summed E-state index contributed by atoms with van der Waals surface area (Å²) in [6, 6.07) is 10.4. The fraction of sp³-hybridized carbons (Fsp3) is 0.211. The summed E-state index contributed by atoms with van der Waals surface area (Å²) < 4.78 is 4.99. The van der Waals surface area contributed by atoms with Crippen LogP contribution in [0.2, 0.25) is 0 Å². The highest BCUT2D eigenvalue weighted by Gasteiger charge is 2.10. The number of aromatic hydroxyl groups is 1. The number of nitrogens with one attached hydrogen (secondary N) is 2. The third kappa shape index (κ3) is 5.07. The number of para-hydroxylation sites is 1. The van der Waals surface area contributed by atoms with Gasteiger partial charge in [-0.3, -0.25) is 9.59 Å². The zero-order chi connectivity index (χ0) is 19.1. The Bertz CT molecular complexity index is 847. The van der Waals surface area contributed by atoms with E-state index in [0.29, 0.717) is 17.0 Å². The van der Waals surface area contributed by atoms with E-state index in [9.17, 15) is 14.7 Å². The Morgan fingerprint density at radius 2 is 1.92 bits per heavy atom. The normalized spacial score (nSPS) is 10.6. The van der Waals surface area contributed by atoms with Crippen molar-refractivity contribution in [2.45, 2.75) is 20.3 Å². The number of ether oxygens (including phenoxy) is 1. The molecule has 2 aromatic rings. The molecule has 136 valence electrons. The van der Waals surface area contributed by atoms with Gasteiger partial charge in [0.2, 0.25) is 11.8 Å². The summed E-state index contributed by atoms with van der Waals surface area (Å²) >= 11 is 0. The number of phenolic OH excluding ortho intramolecular Hbond substituents is 1. The van der Waals surface area contributed by atoms with Gasteiger partial charge in [-0.1, -0.05) is 12.1 Å². The molecular weight excluding hydrogens is 334 g/mol. The topological polar surface area (TPSA) is 100 Å². The molecule has 7 nitrogen and oxygen atoms in total. The second-order valence-corrected chi connectivity index (χ2v) is 5.72. The molecule has 0 radical (unpaired) electrons. The van der Waals surface area contributed by atoms with E-state index in [1.165, 1.54) is 13.3 Å². The lowest BCUT2D eigenvalue weighted by molar-refractivity contribution is -0.126. The van der Waals surface area contributed by atoms with Gasteiger partial charge in [-0.15, -0.1) is 0 Å². The van der Waals surface area contributed by atoms with Crippen LogP contribution in [0.1, 0.15) is 23.1 Å². The van der Waals surface area contributed by atoms with Crippen LogP contribution >= 0.6 is 0 Å². The van der Waals surface area contributed by atoms with Crippen molar-refractivity contribution in [3.63, 3.8) is 0 Å². The first-order valence-electron chi connectivity index (χ1n) is 7.95. The first-order chi connectivity index (χ1) is 12.4. The number of aryl methyl sites for hydroxylation is 2. The highest BCUT2D eigenvalue weighted by molar-refractivity contribution is 6.03. The summed E-state index contributed by atoms with van der Waals surface area (Å²) in [6.45, 7) is 3.92. The van der Waals surface area contributed by atoms with Gasteiger partial charge < -0.3 is 15.2 Å². The summed E-state index contributed by atoms with van der Waals surface area (Å²) in [5, 5.41) is 16.3. The Balaban J connectivity index is 1.88. The van der Waals surface area contributed by atoms with Gasteiger partial charge in [0.25, 0.3) is 0 Å². The Kier molecular flexibility index (Phi) is 6.32. The monoisotopic (exact) mass is 355 g/mol. The average molecular weight is 355 g/mol. The van der Waals surface area contributed by atoms with E-state index in [4.69, 9.17) is 4.74 Å². The van der Waals surface area contributed by atoms with Crippen LogP contribution in [0.5, 0.6) is 11.5 Å². The molecule has 0 atom stereocenters. The quantitative estimate of drug-likeness (QED) is 0.421.